The number of Topliss-reactive ketones (excluding diaryl/α,β-unsaturated/α-hetero) is 1. The predicted octanol–water partition coefficient (Wildman–Crippen LogP) is 3.18. The minimum Gasteiger partial charge on any atom is -0.507 e. The average molecular weight is 409 g/mol. The second-order valence-electron chi connectivity index (χ2n) is 7.26. The highest BCUT2D eigenvalue weighted by Gasteiger charge is 2.46. The molecule has 1 N–H and O–H groups in total. The summed E-state index contributed by atoms with van der Waals surface area (Å²) in [6, 6.07) is 11.8. The van der Waals surface area contributed by atoms with Gasteiger partial charge in [-0.2, -0.15) is 0 Å². The number of aryl methyl sites for hydroxylation is 1. The summed E-state index contributed by atoms with van der Waals surface area (Å²) in [6.07, 6.45) is 0.579. The number of hydrogen-bond acceptors (Lipinski definition) is 6. The molecule has 1 unspecified atom stereocenters. The summed E-state index contributed by atoms with van der Waals surface area (Å²) in [6.45, 7) is 2.83. The van der Waals surface area contributed by atoms with Gasteiger partial charge in [-0.3, -0.25) is 9.59 Å². The maximum atomic E-state index is 13.0. The molecule has 4 rings (SSSR count). The lowest BCUT2D eigenvalue weighted by Crippen LogP contribution is -2.31. The number of carbonyl (C=O) groups excluding carboxylic acids is 2. The zero-order chi connectivity index (χ0) is 21.3. The highest BCUT2D eigenvalue weighted by Crippen LogP contribution is 2.42. The fourth-order valence-electron chi connectivity index (χ4n) is 3.91. The Kier molecular flexibility index (Phi) is 5.46. The van der Waals surface area contributed by atoms with E-state index in [1.165, 1.54) is 4.90 Å². The Labute approximate surface area is 174 Å². The van der Waals surface area contributed by atoms with Crippen molar-refractivity contribution in [2.75, 3.05) is 27.1 Å². The van der Waals surface area contributed by atoms with Gasteiger partial charge in [0.1, 0.15) is 5.76 Å². The Hall–Kier alpha value is -3.32. The summed E-state index contributed by atoms with van der Waals surface area (Å²) < 4.78 is 15.8. The number of ketones is 1. The van der Waals surface area contributed by atoms with E-state index in [9.17, 15) is 14.7 Å². The molecule has 30 heavy (non-hydrogen) atoms. The number of aliphatic hydroxyl groups excluding tert-OH is 1. The normalized spacial score (nSPS) is 19.5. The highest BCUT2D eigenvalue weighted by molar-refractivity contribution is 6.46. The SMILES string of the molecule is COCCCN1C(=O)C(=O)/C(=C(/O)c2ccc3c(c2)OCO3)C1c1ccccc1C. The molecule has 0 aliphatic carbocycles. The van der Waals surface area contributed by atoms with Crippen LogP contribution in [0, 0.1) is 6.92 Å². The topological polar surface area (TPSA) is 85.3 Å². The molecule has 2 heterocycles. The van der Waals surface area contributed by atoms with Crippen LogP contribution in [0.2, 0.25) is 0 Å². The third-order valence-corrected chi connectivity index (χ3v) is 5.42. The third kappa shape index (κ3) is 3.41. The van der Waals surface area contributed by atoms with Crippen molar-refractivity contribution < 1.29 is 28.9 Å². The molecule has 1 saturated heterocycles. The number of rotatable bonds is 6. The van der Waals surface area contributed by atoms with Crippen LogP contribution in [-0.2, 0) is 14.3 Å². The summed E-state index contributed by atoms with van der Waals surface area (Å²) >= 11 is 0. The molecular formula is C23H23NO6. The summed E-state index contributed by atoms with van der Waals surface area (Å²) in [5, 5.41) is 11.1. The number of methoxy groups -OCH3 is 1. The van der Waals surface area contributed by atoms with Crippen molar-refractivity contribution >= 4 is 17.4 Å². The zero-order valence-corrected chi connectivity index (χ0v) is 16.9. The number of aliphatic hydroxyl groups is 1. The molecule has 7 heteroatoms. The third-order valence-electron chi connectivity index (χ3n) is 5.42. The van der Waals surface area contributed by atoms with Gasteiger partial charge < -0.3 is 24.2 Å². The first-order valence-corrected chi connectivity index (χ1v) is 9.76. The Morgan fingerprint density at radius 2 is 1.93 bits per heavy atom. The van der Waals surface area contributed by atoms with E-state index in [4.69, 9.17) is 14.2 Å². The van der Waals surface area contributed by atoms with Gasteiger partial charge in [-0.05, 0) is 42.7 Å². The zero-order valence-electron chi connectivity index (χ0n) is 16.9. The van der Waals surface area contributed by atoms with Crippen LogP contribution in [0.1, 0.15) is 29.2 Å². The van der Waals surface area contributed by atoms with Crippen LogP contribution < -0.4 is 9.47 Å². The largest absolute Gasteiger partial charge is 0.507 e. The lowest BCUT2D eigenvalue weighted by Gasteiger charge is -2.26. The molecule has 1 atom stereocenters. The molecule has 7 nitrogen and oxygen atoms in total. The second-order valence-corrected chi connectivity index (χ2v) is 7.26. The van der Waals surface area contributed by atoms with E-state index in [1.807, 2.05) is 31.2 Å². The van der Waals surface area contributed by atoms with Gasteiger partial charge in [-0.25, -0.2) is 0 Å². The van der Waals surface area contributed by atoms with Crippen LogP contribution in [-0.4, -0.2) is 48.8 Å². The van der Waals surface area contributed by atoms with Gasteiger partial charge in [0, 0.05) is 25.8 Å². The second kappa shape index (κ2) is 8.20. The van der Waals surface area contributed by atoms with Crippen molar-refractivity contribution in [3.05, 3.63) is 64.7 Å². The summed E-state index contributed by atoms with van der Waals surface area (Å²) in [5.74, 6) is -0.491. The maximum Gasteiger partial charge on any atom is 0.295 e. The number of likely N-dealkylation sites (tertiary alicyclic amines) is 1. The van der Waals surface area contributed by atoms with Gasteiger partial charge in [-0.15, -0.1) is 0 Å². The number of benzene rings is 2. The Balaban J connectivity index is 1.83. The van der Waals surface area contributed by atoms with Gasteiger partial charge >= 0.3 is 0 Å². The fourth-order valence-corrected chi connectivity index (χ4v) is 3.91. The molecule has 2 aliphatic heterocycles. The van der Waals surface area contributed by atoms with Gasteiger partial charge in [0.05, 0.1) is 11.6 Å². The van der Waals surface area contributed by atoms with E-state index in [0.29, 0.717) is 36.6 Å². The van der Waals surface area contributed by atoms with Crippen LogP contribution in [0.3, 0.4) is 0 Å². The number of nitrogens with zero attached hydrogens (tertiary/aromatic N) is 1. The molecule has 2 aromatic carbocycles. The number of hydrogen-bond donors (Lipinski definition) is 1. The molecule has 1 fully saturated rings. The molecule has 1 amide bonds. The monoisotopic (exact) mass is 409 g/mol. The lowest BCUT2D eigenvalue weighted by atomic mass is 9.92. The maximum absolute atomic E-state index is 13.0. The molecule has 2 aliphatic rings. The van der Waals surface area contributed by atoms with E-state index in [1.54, 1.807) is 25.3 Å². The van der Waals surface area contributed by atoms with Crippen molar-refractivity contribution in [1.82, 2.24) is 4.90 Å². The van der Waals surface area contributed by atoms with Crippen LogP contribution in [0.15, 0.2) is 48.0 Å². The molecule has 0 bridgehead atoms. The average Bonchev–Trinajstić information content (AvgIpc) is 3.31. The van der Waals surface area contributed by atoms with Gasteiger partial charge in [0.25, 0.3) is 11.7 Å². The molecule has 0 radical (unpaired) electrons. The van der Waals surface area contributed by atoms with Crippen molar-refractivity contribution in [2.24, 2.45) is 0 Å². The summed E-state index contributed by atoms with van der Waals surface area (Å²) in [5.41, 5.74) is 2.20. The van der Waals surface area contributed by atoms with E-state index in [0.717, 1.165) is 11.1 Å². The number of amides is 1. The van der Waals surface area contributed by atoms with Crippen molar-refractivity contribution in [3.63, 3.8) is 0 Å². The van der Waals surface area contributed by atoms with Gasteiger partial charge in [0.15, 0.2) is 11.5 Å². The van der Waals surface area contributed by atoms with Crippen LogP contribution in [0.5, 0.6) is 11.5 Å². The van der Waals surface area contributed by atoms with Crippen molar-refractivity contribution in [3.8, 4) is 11.5 Å². The summed E-state index contributed by atoms with van der Waals surface area (Å²) in [7, 11) is 1.59. The van der Waals surface area contributed by atoms with Gasteiger partial charge in [0.2, 0.25) is 6.79 Å². The summed E-state index contributed by atoms with van der Waals surface area (Å²) in [4.78, 5) is 27.4. The molecule has 156 valence electrons. The Morgan fingerprint density at radius 3 is 2.70 bits per heavy atom. The standard InChI is InChI=1S/C23H23NO6/c1-14-6-3-4-7-16(14)20-19(22(26)23(27)24(20)10-5-11-28-2)21(25)15-8-9-17-18(12-15)30-13-29-17/h3-4,6-9,12,20,25H,5,10-11,13H2,1-2H3/b21-19+. The van der Waals surface area contributed by atoms with Crippen LogP contribution in [0.4, 0.5) is 0 Å². The minimum absolute atomic E-state index is 0.0746. The Bertz CT molecular complexity index is 1030. The smallest absolute Gasteiger partial charge is 0.295 e. The lowest BCUT2D eigenvalue weighted by molar-refractivity contribution is -0.140. The molecule has 0 spiro atoms. The number of fused-ring (bicyclic) bond motifs is 1. The quantitative estimate of drug-likeness (QED) is 0.341. The number of ether oxygens (including phenoxy) is 3. The van der Waals surface area contributed by atoms with E-state index >= 15 is 0 Å². The van der Waals surface area contributed by atoms with Crippen molar-refractivity contribution in [2.45, 2.75) is 19.4 Å². The van der Waals surface area contributed by atoms with E-state index in [2.05, 4.69) is 0 Å². The first-order chi connectivity index (χ1) is 14.5. The highest BCUT2D eigenvalue weighted by atomic mass is 16.7. The first-order valence-electron chi connectivity index (χ1n) is 9.76. The minimum atomic E-state index is -0.698. The van der Waals surface area contributed by atoms with E-state index < -0.39 is 17.7 Å². The molecule has 2 aromatic rings. The van der Waals surface area contributed by atoms with Crippen molar-refractivity contribution in [1.29, 1.82) is 0 Å². The molecule has 0 saturated carbocycles. The van der Waals surface area contributed by atoms with Crippen LogP contribution in [0.25, 0.3) is 5.76 Å². The van der Waals surface area contributed by atoms with Gasteiger partial charge in [-0.1, -0.05) is 24.3 Å². The molecular weight excluding hydrogens is 386 g/mol. The molecule has 0 aromatic heterocycles. The number of carbonyl (C=O) groups is 2. The fraction of sp³-hybridized carbons (Fsp3) is 0.304. The first kappa shape index (κ1) is 20.0. The Morgan fingerprint density at radius 1 is 1.17 bits per heavy atom. The predicted molar refractivity (Wildman–Crippen MR) is 109 cm³/mol. The van der Waals surface area contributed by atoms with Crippen LogP contribution >= 0.6 is 0 Å². The van der Waals surface area contributed by atoms with E-state index in [-0.39, 0.29) is 18.1 Å².